The molecule has 2 heterocycles. The van der Waals surface area contributed by atoms with E-state index in [0.717, 1.165) is 32.8 Å². The van der Waals surface area contributed by atoms with Crippen LogP contribution in [0, 0.1) is 0 Å². The molecule has 2 aliphatic rings. The van der Waals surface area contributed by atoms with E-state index in [4.69, 9.17) is 9.47 Å². The Hall–Kier alpha value is -1.79. The summed E-state index contributed by atoms with van der Waals surface area (Å²) >= 11 is 0. The third-order valence-electron chi connectivity index (χ3n) is 3.89. The fourth-order valence-corrected chi connectivity index (χ4v) is 2.69. The second-order valence-electron chi connectivity index (χ2n) is 5.36. The molecule has 1 aromatic rings. The molecule has 1 atom stereocenters. The number of nitrogens with zero attached hydrogens (tertiary/aromatic N) is 2. The number of ether oxygens (including phenoxy) is 2. The molecule has 21 heavy (non-hydrogen) atoms. The van der Waals surface area contributed by atoms with Crippen LogP contribution in [0.2, 0.25) is 0 Å². The van der Waals surface area contributed by atoms with E-state index in [1.165, 1.54) is 0 Å². The third-order valence-corrected chi connectivity index (χ3v) is 3.89. The second kappa shape index (κ2) is 5.91. The zero-order valence-corrected chi connectivity index (χ0v) is 12.1. The second-order valence-corrected chi connectivity index (χ2v) is 5.36. The third kappa shape index (κ3) is 2.96. The van der Waals surface area contributed by atoms with Gasteiger partial charge in [-0.1, -0.05) is 0 Å². The van der Waals surface area contributed by atoms with Crippen molar-refractivity contribution in [3.8, 4) is 11.5 Å². The summed E-state index contributed by atoms with van der Waals surface area (Å²) in [6.07, 6.45) is -0.494. The molecular formula is C15H20N2O4. The molecule has 2 aliphatic heterocycles. The molecule has 3 rings (SSSR count). The molecule has 1 N–H and O–H groups in total. The van der Waals surface area contributed by atoms with Gasteiger partial charge in [-0.05, 0) is 19.1 Å². The van der Waals surface area contributed by atoms with Crippen molar-refractivity contribution >= 4 is 11.6 Å². The van der Waals surface area contributed by atoms with Gasteiger partial charge in [0, 0.05) is 32.2 Å². The quantitative estimate of drug-likeness (QED) is 0.894. The van der Waals surface area contributed by atoms with E-state index < -0.39 is 6.10 Å². The molecule has 1 aromatic carbocycles. The van der Waals surface area contributed by atoms with Crippen LogP contribution in [0.25, 0.3) is 0 Å². The van der Waals surface area contributed by atoms with Crippen molar-refractivity contribution in [3.05, 3.63) is 18.2 Å². The van der Waals surface area contributed by atoms with Gasteiger partial charge in [-0.25, -0.2) is 0 Å². The first-order valence-corrected chi connectivity index (χ1v) is 7.26. The lowest BCUT2D eigenvalue weighted by Gasteiger charge is -2.35. The van der Waals surface area contributed by atoms with Crippen LogP contribution >= 0.6 is 0 Å². The van der Waals surface area contributed by atoms with Crippen LogP contribution in [-0.4, -0.2) is 61.4 Å². The van der Waals surface area contributed by atoms with Crippen molar-refractivity contribution in [2.24, 2.45) is 0 Å². The number of hydrogen-bond donors (Lipinski definition) is 1. The van der Waals surface area contributed by atoms with Gasteiger partial charge >= 0.3 is 0 Å². The molecule has 0 radical (unpaired) electrons. The van der Waals surface area contributed by atoms with Crippen LogP contribution < -0.4 is 9.64 Å². The molecular weight excluding hydrogens is 272 g/mol. The van der Waals surface area contributed by atoms with Gasteiger partial charge in [0.05, 0.1) is 18.9 Å². The molecule has 1 saturated heterocycles. The monoisotopic (exact) mass is 292 g/mol. The minimum absolute atomic E-state index is 0.0682. The highest BCUT2D eigenvalue weighted by atomic mass is 16.5. The van der Waals surface area contributed by atoms with E-state index in [1.54, 1.807) is 30.0 Å². The van der Waals surface area contributed by atoms with Crippen molar-refractivity contribution in [3.63, 3.8) is 0 Å². The summed E-state index contributed by atoms with van der Waals surface area (Å²) < 4.78 is 10.9. The van der Waals surface area contributed by atoms with E-state index in [0.29, 0.717) is 18.0 Å². The minimum atomic E-state index is -0.494. The van der Waals surface area contributed by atoms with Crippen LogP contribution in [0.3, 0.4) is 0 Å². The number of carbonyl (C=O) groups excluding carboxylic acids is 1. The number of hydrogen-bond acceptors (Lipinski definition) is 5. The normalized spacial score (nSPS) is 22.8. The maximum atomic E-state index is 12.3. The van der Waals surface area contributed by atoms with Gasteiger partial charge in [-0.15, -0.1) is 0 Å². The molecule has 1 unspecified atom stereocenters. The Morgan fingerprint density at radius 1 is 1.29 bits per heavy atom. The fourth-order valence-electron chi connectivity index (χ4n) is 2.69. The van der Waals surface area contributed by atoms with Crippen molar-refractivity contribution in [1.82, 2.24) is 4.90 Å². The zero-order chi connectivity index (χ0) is 14.8. The molecule has 0 aliphatic carbocycles. The predicted octanol–water partition coefficient (Wildman–Crippen LogP) is 0.838. The molecule has 1 fully saturated rings. The average Bonchev–Trinajstić information content (AvgIpc) is 2.49. The first-order chi connectivity index (χ1) is 10.1. The Morgan fingerprint density at radius 3 is 2.81 bits per heavy atom. The Balaban J connectivity index is 1.76. The highest BCUT2D eigenvalue weighted by molar-refractivity contribution is 6.00. The van der Waals surface area contributed by atoms with Gasteiger partial charge in [0.15, 0.2) is 6.10 Å². The molecule has 6 heteroatoms. The summed E-state index contributed by atoms with van der Waals surface area (Å²) in [6.45, 7) is 6.39. The van der Waals surface area contributed by atoms with Crippen molar-refractivity contribution < 1.29 is 19.4 Å². The van der Waals surface area contributed by atoms with Crippen molar-refractivity contribution in [1.29, 1.82) is 0 Å². The summed E-state index contributed by atoms with van der Waals surface area (Å²) in [5.41, 5.74) is 0.645. The summed E-state index contributed by atoms with van der Waals surface area (Å²) in [5, 5.41) is 9.65. The number of phenols is 1. The van der Waals surface area contributed by atoms with Gasteiger partial charge in [0.1, 0.15) is 11.5 Å². The smallest absolute Gasteiger partial charge is 0.267 e. The lowest BCUT2D eigenvalue weighted by Crippen LogP contribution is -2.48. The molecule has 1 amide bonds. The summed E-state index contributed by atoms with van der Waals surface area (Å²) in [4.78, 5) is 16.3. The van der Waals surface area contributed by atoms with Crippen LogP contribution in [0.4, 0.5) is 5.69 Å². The first kappa shape index (κ1) is 14.2. The lowest BCUT2D eigenvalue weighted by atomic mass is 10.1. The lowest BCUT2D eigenvalue weighted by molar-refractivity contribution is -0.125. The number of anilines is 1. The van der Waals surface area contributed by atoms with Crippen LogP contribution in [-0.2, 0) is 9.53 Å². The SMILES string of the molecule is CC1Oc2ccc(O)cc2N(CCN2CCOCC2)C1=O. The summed E-state index contributed by atoms with van der Waals surface area (Å²) in [7, 11) is 0. The Bertz CT molecular complexity index is 528. The van der Waals surface area contributed by atoms with E-state index in [1.807, 2.05) is 0 Å². The van der Waals surface area contributed by atoms with Gasteiger partial charge in [0.2, 0.25) is 0 Å². The Kier molecular flexibility index (Phi) is 3.98. The molecule has 0 bridgehead atoms. The van der Waals surface area contributed by atoms with Crippen molar-refractivity contribution in [2.45, 2.75) is 13.0 Å². The van der Waals surface area contributed by atoms with Crippen LogP contribution in [0.5, 0.6) is 11.5 Å². The highest BCUT2D eigenvalue weighted by Crippen LogP contribution is 2.36. The number of morpholine rings is 1. The van der Waals surface area contributed by atoms with Gasteiger partial charge in [-0.2, -0.15) is 0 Å². The maximum Gasteiger partial charge on any atom is 0.267 e. The van der Waals surface area contributed by atoms with E-state index in [2.05, 4.69) is 4.90 Å². The number of rotatable bonds is 3. The Labute approximate surface area is 123 Å². The average molecular weight is 292 g/mol. The number of fused-ring (bicyclic) bond motifs is 1. The predicted molar refractivity (Wildman–Crippen MR) is 77.8 cm³/mol. The van der Waals surface area contributed by atoms with E-state index in [-0.39, 0.29) is 11.7 Å². The van der Waals surface area contributed by atoms with Crippen molar-refractivity contribution in [2.75, 3.05) is 44.3 Å². The zero-order valence-electron chi connectivity index (χ0n) is 12.1. The molecule has 114 valence electrons. The van der Waals surface area contributed by atoms with Gasteiger partial charge in [-0.3, -0.25) is 9.69 Å². The summed E-state index contributed by atoms with van der Waals surface area (Å²) in [5.74, 6) is 0.708. The van der Waals surface area contributed by atoms with Gasteiger partial charge in [0.25, 0.3) is 5.91 Å². The molecule has 0 aromatic heterocycles. The highest BCUT2D eigenvalue weighted by Gasteiger charge is 2.31. The topological polar surface area (TPSA) is 62.2 Å². The molecule has 0 saturated carbocycles. The number of amides is 1. The van der Waals surface area contributed by atoms with E-state index >= 15 is 0 Å². The number of phenolic OH excluding ortho intramolecular Hbond substituents is 1. The number of carbonyl (C=O) groups is 1. The first-order valence-electron chi connectivity index (χ1n) is 7.26. The fraction of sp³-hybridized carbons (Fsp3) is 0.533. The molecule has 0 spiro atoms. The van der Waals surface area contributed by atoms with E-state index in [9.17, 15) is 9.90 Å². The largest absolute Gasteiger partial charge is 0.508 e. The number of aromatic hydroxyl groups is 1. The van der Waals surface area contributed by atoms with Gasteiger partial charge < -0.3 is 19.5 Å². The Morgan fingerprint density at radius 2 is 2.05 bits per heavy atom. The standard InChI is InChI=1S/C15H20N2O4/c1-11-15(19)17(5-4-16-6-8-20-9-7-16)13-10-12(18)2-3-14(13)21-11/h2-3,10-11,18H,4-9H2,1H3. The maximum absolute atomic E-state index is 12.3. The van der Waals surface area contributed by atoms with Crippen LogP contribution in [0.15, 0.2) is 18.2 Å². The molecule has 6 nitrogen and oxygen atoms in total. The number of benzene rings is 1. The summed E-state index contributed by atoms with van der Waals surface area (Å²) in [6, 6.07) is 4.86. The van der Waals surface area contributed by atoms with Crippen LogP contribution in [0.1, 0.15) is 6.92 Å². The minimum Gasteiger partial charge on any atom is -0.508 e.